The SMILES string of the molecule is Cc1nc(-c2ccc(C(C)(C)C)cc2)nc(C)c1C(=O)NC(CCN)C(=O)N(C)C1C(=O)NC(C)C(=O)NC(C(=O)NCC#N)Cc2ccc(O)c(c2)-c2cc1ccc2OC1CNC1. The van der Waals surface area contributed by atoms with Crippen molar-refractivity contribution in [3.05, 3.63) is 94.3 Å². The van der Waals surface area contributed by atoms with Crippen molar-refractivity contribution in [2.24, 2.45) is 5.73 Å². The Kier molecular flexibility index (Phi) is 14.3. The second kappa shape index (κ2) is 19.7. The van der Waals surface area contributed by atoms with Gasteiger partial charge >= 0.3 is 0 Å². The van der Waals surface area contributed by atoms with E-state index in [1.165, 1.54) is 24.9 Å². The Bertz CT molecular complexity index is 2450. The van der Waals surface area contributed by atoms with Crippen LogP contribution in [0.25, 0.3) is 22.5 Å². The van der Waals surface area contributed by atoms with Crippen LogP contribution in [0.5, 0.6) is 11.5 Å². The lowest BCUT2D eigenvalue weighted by Crippen LogP contribution is -2.56. The summed E-state index contributed by atoms with van der Waals surface area (Å²) in [4.78, 5) is 80.6. The third-order valence-electron chi connectivity index (χ3n) is 11.4. The lowest BCUT2D eigenvalue weighted by Gasteiger charge is -2.33. The molecule has 1 aromatic heterocycles. The maximum atomic E-state index is 14.7. The molecule has 4 bridgehead atoms. The predicted octanol–water partition coefficient (Wildman–Crippen LogP) is 2.61. The Hall–Kier alpha value is -6.90. The van der Waals surface area contributed by atoms with E-state index >= 15 is 0 Å². The summed E-state index contributed by atoms with van der Waals surface area (Å²) in [6.45, 7) is 12.1. The zero-order valence-corrected chi connectivity index (χ0v) is 37.2. The average Bonchev–Trinajstić information content (AvgIpc) is 3.23. The maximum Gasteiger partial charge on any atom is 0.255 e. The number of amides is 5. The third kappa shape index (κ3) is 10.5. The summed E-state index contributed by atoms with van der Waals surface area (Å²) in [6, 6.07) is 14.4. The minimum atomic E-state index is -1.41. The molecule has 3 aromatic carbocycles. The molecule has 0 radical (unpaired) electrons. The number of nitriles is 1. The lowest BCUT2D eigenvalue weighted by molar-refractivity contribution is -0.141. The van der Waals surface area contributed by atoms with Gasteiger partial charge in [-0.05, 0) is 80.1 Å². The molecule has 1 saturated heterocycles. The van der Waals surface area contributed by atoms with E-state index in [-0.39, 0.29) is 48.8 Å². The number of nitrogens with two attached hydrogens (primary N) is 1. The Morgan fingerprint density at radius 3 is 2.28 bits per heavy atom. The Morgan fingerprint density at radius 2 is 1.67 bits per heavy atom. The summed E-state index contributed by atoms with van der Waals surface area (Å²) in [6.07, 6.45) is -0.195. The molecule has 0 aliphatic carbocycles. The van der Waals surface area contributed by atoms with Gasteiger partial charge in [-0.25, -0.2) is 9.97 Å². The monoisotopic (exact) mass is 872 g/mol. The quantitative estimate of drug-likeness (QED) is 0.108. The number of carbonyl (C=O) groups excluding carboxylic acids is 5. The summed E-state index contributed by atoms with van der Waals surface area (Å²) in [5.41, 5.74) is 10.4. The van der Waals surface area contributed by atoms with Crippen LogP contribution in [0.15, 0.2) is 60.7 Å². The number of likely N-dealkylation sites (N-methyl/N-ethyl adjacent to an activating group) is 1. The number of aryl methyl sites for hydroxylation is 2. The summed E-state index contributed by atoms with van der Waals surface area (Å²) in [5, 5.41) is 34.3. The molecule has 5 amide bonds. The Morgan fingerprint density at radius 1 is 0.984 bits per heavy atom. The number of fused-ring (bicyclic) bond motifs is 5. The number of hydrogen-bond acceptors (Lipinski definition) is 12. The first kappa shape index (κ1) is 46.6. The van der Waals surface area contributed by atoms with Crippen LogP contribution in [0.3, 0.4) is 0 Å². The summed E-state index contributed by atoms with van der Waals surface area (Å²) in [5.74, 6) is -2.66. The average molecular weight is 873 g/mol. The molecule has 1 fully saturated rings. The fourth-order valence-electron chi connectivity index (χ4n) is 7.70. The van der Waals surface area contributed by atoms with Crippen LogP contribution in [0, 0.1) is 25.2 Å². The van der Waals surface area contributed by atoms with Crippen molar-refractivity contribution in [1.29, 1.82) is 5.26 Å². The number of hydrogen-bond donors (Lipinski definition) is 7. The number of nitrogens with one attached hydrogen (secondary N) is 5. The number of carbonyl (C=O) groups is 5. The van der Waals surface area contributed by atoms with Crippen LogP contribution in [-0.4, -0.2) is 107 Å². The molecule has 0 spiro atoms. The second-order valence-corrected chi connectivity index (χ2v) is 17.3. The van der Waals surface area contributed by atoms with Gasteiger partial charge in [0.2, 0.25) is 23.6 Å². The van der Waals surface area contributed by atoms with E-state index < -0.39 is 53.7 Å². The molecule has 17 nitrogen and oxygen atoms in total. The minimum absolute atomic E-state index is 0.00148. The zero-order valence-electron chi connectivity index (χ0n) is 37.2. The van der Waals surface area contributed by atoms with Gasteiger partial charge in [-0.15, -0.1) is 0 Å². The number of ether oxygens (including phenoxy) is 1. The standard InChI is InChI=1S/C47H56N10O7/c1-25-39(26(2)53-41(52-25)29-9-12-31(13-10-29)47(4,5)6)44(61)55-35(16-17-48)46(63)57(7)40-30-11-15-38(64-32-23-50-24-32)34(22-30)33-20-28(8-14-37(33)58)21-36(43(60)51-19-18-49)56-42(59)27(3)54-45(40)62/h8-15,20,22,27,32,35-36,40,50,58H,16-17,19,21,23-24,48H2,1-7H3,(H,51,60)(H,54,62)(H,55,61)(H,56,59). The van der Waals surface area contributed by atoms with Crippen molar-refractivity contribution in [1.82, 2.24) is 41.5 Å². The van der Waals surface area contributed by atoms with E-state index in [1.807, 2.05) is 30.3 Å². The van der Waals surface area contributed by atoms with Gasteiger partial charge in [-0.3, -0.25) is 24.0 Å². The number of aromatic hydroxyl groups is 1. The van der Waals surface area contributed by atoms with Gasteiger partial charge in [-0.2, -0.15) is 5.26 Å². The van der Waals surface area contributed by atoms with Crippen molar-refractivity contribution in [3.8, 4) is 40.1 Å². The normalized spacial score (nSPS) is 18.2. The summed E-state index contributed by atoms with van der Waals surface area (Å²) >= 11 is 0. The molecular weight excluding hydrogens is 817 g/mol. The van der Waals surface area contributed by atoms with Gasteiger partial charge in [0, 0.05) is 43.2 Å². The first-order chi connectivity index (χ1) is 30.4. The van der Waals surface area contributed by atoms with E-state index in [9.17, 15) is 29.1 Å². The van der Waals surface area contributed by atoms with Gasteiger partial charge in [0.05, 0.1) is 23.0 Å². The highest BCUT2D eigenvalue weighted by Gasteiger charge is 2.37. The highest BCUT2D eigenvalue weighted by Crippen LogP contribution is 2.40. The highest BCUT2D eigenvalue weighted by molar-refractivity contribution is 6.00. The molecule has 6 rings (SSSR count). The molecule has 0 saturated carbocycles. The first-order valence-corrected chi connectivity index (χ1v) is 21.2. The predicted molar refractivity (Wildman–Crippen MR) is 239 cm³/mol. The molecule has 4 aromatic rings. The highest BCUT2D eigenvalue weighted by atomic mass is 16.5. The van der Waals surface area contributed by atoms with Crippen LogP contribution in [0.2, 0.25) is 0 Å². The van der Waals surface area contributed by atoms with E-state index in [4.69, 9.17) is 15.7 Å². The lowest BCUT2D eigenvalue weighted by atomic mass is 9.86. The molecule has 336 valence electrons. The topological polar surface area (TPSA) is 254 Å². The maximum absolute atomic E-state index is 14.7. The van der Waals surface area contributed by atoms with Crippen molar-refractivity contribution in [2.45, 2.75) is 90.1 Å². The van der Waals surface area contributed by atoms with Crippen molar-refractivity contribution in [3.63, 3.8) is 0 Å². The minimum Gasteiger partial charge on any atom is -0.507 e. The molecule has 2 aliphatic heterocycles. The van der Waals surface area contributed by atoms with E-state index in [0.29, 0.717) is 58.3 Å². The van der Waals surface area contributed by atoms with Crippen LogP contribution < -0.4 is 37.1 Å². The summed E-state index contributed by atoms with van der Waals surface area (Å²) in [7, 11) is 1.41. The number of nitrogens with zero attached hydrogens (tertiary/aromatic N) is 4. The van der Waals surface area contributed by atoms with Crippen molar-refractivity contribution in [2.75, 3.05) is 33.2 Å². The van der Waals surface area contributed by atoms with Crippen LogP contribution in [0.4, 0.5) is 0 Å². The zero-order chi connectivity index (χ0) is 46.5. The fourth-order valence-corrected chi connectivity index (χ4v) is 7.70. The molecule has 4 atom stereocenters. The molecule has 2 aliphatic rings. The molecule has 17 heteroatoms. The van der Waals surface area contributed by atoms with Gasteiger partial charge < -0.3 is 47.1 Å². The van der Waals surface area contributed by atoms with Crippen molar-refractivity contribution < 1.29 is 33.8 Å². The van der Waals surface area contributed by atoms with Crippen LogP contribution >= 0.6 is 0 Å². The Labute approximate surface area is 372 Å². The summed E-state index contributed by atoms with van der Waals surface area (Å²) < 4.78 is 6.33. The Balaban J connectivity index is 1.36. The number of phenolic OH excluding ortho intramolecular Hbond substituents is 1. The number of benzene rings is 3. The second-order valence-electron chi connectivity index (χ2n) is 17.3. The third-order valence-corrected chi connectivity index (χ3v) is 11.4. The molecule has 4 unspecified atom stereocenters. The molecular formula is C47H56N10O7. The number of aromatic nitrogens is 2. The largest absolute Gasteiger partial charge is 0.507 e. The van der Waals surface area contributed by atoms with E-state index in [0.717, 1.165) is 11.1 Å². The van der Waals surface area contributed by atoms with Gasteiger partial charge in [-0.1, -0.05) is 57.2 Å². The van der Waals surface area contributed by atoms with Crippen LogP contribution in [0.1, 0.15) is 78.6 Å². The van der Waals surface area contributed by atoms with E-state index in [1.54, 1.807) is 44.2 Å². The fraction of sp³-hybridized carbons (Fsp3) is 0.404. The number of phenols is 1. The van der Waals surface area contributed by atoms with Gasteiger partial charge in [0.15, 0.2) is 5.82 Å². The molecule has 64 heavy (non-hydrogen) atoms. The van der Waals surface area contributed by atoms with Crippen molar-refractivity contribution >= 4 is 29.5 Å². The number of rotatable bonds is 11. The van der Waals surface area contributed by atoms with Gasteiger partial charge in [0.1, 0.15) is 48.3 Å². The van der Waals surface area contributed by atoms with Gasteiger partial charge in [0.25, 0.3) is 5.91 Å². The molecule has 3 heterocycles. The van der Waals surface area contributed by atoms with Crippen LogP contribution in [-0.2, 0) is 31.0 Å². The van der Waals surface area contributed by atoms with E-state index in [2.05, 4.69) is 57.3 Å². The molecule has 8 N–H and O–H groups in total. The smallest absolute Gasteiger partial charge is 0.255 e. The first-order valence-electron chi connectivity index (χ1n) is 21.2.